The van der Waals surface area contributed by atoms with E-state index in [0.29, 0.717) is 45.1 Å². The average Bonchev–Trinajstić information content (AvgIpc) is 2.67. The van der Waals surface area contributed by atoms with Gasteiger partial charge in [-0.1, -0.05) is 33.8 Å². The second-order valence-corrected chi connectivity index (χ2v) is 9.08. The molecular weight excluding hydrogens is 374 g/mol. The summed E-state index contributed by atoms with van der Waals surface area (Å²) in [6.07, 6.45) is 2.36. The van der Waals surface area contributed by atoms with Crippen molar-refractivity contribution in [3.63, 3.8) is 0 Å². The summed E-state index contributed by atoms with van der Waals surface area (Å²) in [7, 11) is 0. The van der Waals surface area contributed by atoms with Gasteiger partial charge in [-0.05, 0) is 36.4 Å². The molecule has 0 bridgehead atoms. The predicted octanol–water partition coefficient (Wildman–Crippen LogP) is 3.47. The van der Waals surface area contributed by atoms with E-state index in [1.807, 2.05) is 26.1 Å². The maximum Gasteiger partial charge on any atom is 0.263 e. The van der Waals surface area contributed by atoms with Crippen molar-refractivity contribution in [2.45, 2.75) is 46.0 Å². The zero-order chi connectivity index (χ0) is 21.2. The molecule has 5 nitrogen and oxygen atoms in total. The monoisotopic (exact) mass is 408 g/mol. The molecule has 7 heteroatoms. The van der Waals surface area contributed by atoms with E-state index in [1.54, 1.807) is 9.80 Å². The summed E-state index contributed by atoms with van der Waals surface area (Å²) in [5.41, 5.74) is 1.21. The highest BCUT2D eigenvalue weighted by molar-refractivity contribution is 5.78. The number of piperazine rings is 1. The molecule has 0 aromatic carbocycles. The van der Waals surface area contributed by atoms with Crippen LogP contribution in [0.25, 0.3) is 0 Å². The molecular formula is C22H34F2N4O. The summed E-state index contributed by atoms with van der Waals surface area (Å²) >= 11 is 0. The first-order valence-electron chi connectivity index (χ1n) is 10.8. The highest BCUT2D eigenvalue weighted by Gasteiger charge is 2.46. The van der Waals surface area contributed by atoms with Crippen LogP contribution in [0.1, 0.15) is 45.6 Å². The van der Waals surface area contributed by atoms with Gasteiger partial charge in [-0.2, -0.15) is 0 Å². The number of carbonyl (C=O) groups is 1. The highest BCUT2D eigenvalue weighted by atomic mass is 19.3. The van der Waals surface area contributed by atoms with Crippen molar-refractivity contribution >= 4 is 11.7 Å². The van der Waals surface area contributed by atoms with E-state index in [4.69, 9.17) is 0 Å². The van der Waals surface area contributed by atoms with Crippen LogP contribution in [-0.2, 0) is 4.79 Å². The third-order valence-corrected chi connectivity index (χ3v) is 6.29. The maximum atomic E-state index is 14.4. The Bertz CT molecular complexity index is 685. The lowest BCUT2D eigenvalue weighted by atomic mass is 9.83. The van der Waals surface area contributed by atoms with Crippen molar-refractivity contribution in [3.05, 3.63) is 23.9 Å². The Kier molecular flexibility index (Phi) is 6.76. The van der Waals surface area contributed by atoms with Gasteiger partial charge in [-0.15, -0.1) is 0 Å². The van der Waals surface area contributed by atoms with Gasteiger partial charge in [0, 0.05) is 38.3 Å². The summed E-state index contributed by atoms with van der Waals surface area (Å²) < 4.78 is 28.8. The topological polar surface area (TPSA) is 39.7 Å². The van der Waals surface area contributed by atoms with Crippen LogP contribution in [0.15, 0.2) is 18.3 Å². The molecule has 1 unspecified atom stereocenters. The first-order valence-corrected chi connectivity index (χ1v) is 10.8. The lowest BCUT2D eigenvalue weighted by molar-refractivity contribution is -0.143. The third kappa shape index (κ3) is 5.24. The number of rotatable bonds is 5. The number of aromatic nitrogens is 1. The van der Waals surface area contributed by atoms with E-state index in [2.05, 4.69) is 29.8 Å². The smallest absolute Gasteiger partial charge is 0.263 e. The van der Waals surface area contributed by atoms with Crippen molar-refractivity contribution in [1.29, 1.82) is 0 Å². The Morgan fingerprint density at radius 3 is 2.34 bits per heavy atom. The maximum absolute atomic E-state index is 14.4. The Hall–Kier alpha value is -1.76. The largest absolute Gasteiger partial charge is 0.353 e. The van der Waals surface area contributed by atoms with E-state index in [1.165, 1.54) is 5.56 Å². The Balaban J connectivity index is 1.49. The molecule has 3 heterocycles. The molecule has 1 amide bonds. The molecule has 1 aromatic heterocycles. The molecule has 1 aromatic rings. The number of hydrogen-bond acceptors (Lipinski definition) is 4. The van der Waals surface area contributed by atoms with Gasteiger partial charge < -0.3 is 9.80 Å². The lowest BCUT2D eigenvalue weighted by Gasteiger charge is -2.41. The number of pyridine rings is 1. The average molecular weight is 409 g/mol. The molecule has 0 saturated carbocycles. The van der Waals surface area contributed by atoms with Gasteiger partial charge in [-0.3, -0.25) is 9.69 Å². The van der Waals surface area contributed by atoms with E-state index in [-0.39, 0.29) is 24.9 Å². The summed E-state index contributed by atoms with van der Waals surface area (Å²) in [5, 5.41) is 0. The molecule has 2 fully saturated rings. The van der Waals surface area contributed by atoms with Crippen LogP contribution in [0.4, 0.5) is 14.6 Å². The lowest BCUT2D eigenvalue weighted by Crippen LogP contribution is -2.55. The highest BCUT2D eigenvalue weighted by Crippen LogP contribution is 2.37. The van der Waals surface area contributed by atoms with Crippen LogP contribution < -0.4 is 4.90 Å². The molecule has 2 aliphatic rings. The number of alkyl halides is 2. The van der Waals surface area contributed by atoms with Crippen molar-refractivity contribution in [2.75, 3.05) is 50.7 Å². The zero-order valence-electron chi connectivity index (χ0n) is 18.1. The standard InChI is InChI=1S/C22H34F2N4O/c1-16(2)18-5-6-20(25-13-18)27-9-11-28(12-10-27)21(29)14-26-8-7-19(17(3)4)22(23,24)15-26/h5-6,13,16-17,19H,7-12,14-15H2,1-4H3. The van der Waals surface area contributed by atoms with E-state index in [0.717, 1.165) is 5.82 Å². The van der Waals surface area contributed by atoms with Crippen LogP contribution in [0, 0.1) is 11.8 Å². The van der Waals surface area contributed by atoms with Gasteiger partial charge in [0.2, 0.25) is 5.91 Å². The number of carbonyl (C=O) groups excluding carboxylic acids is 1. The van der Waals surface area contributed by atoms with Crippen LogP contribution >= 0.6 is 0 Å². The fourth-order valence-electron chi connectivity index (χ4n) is 4.39. The van der Waals surface area contributed by atoms with Gasteiger partial charge in [0.25, 0.3) is 5.92 Å². The van der Waals surface area contributed by atoms with E-state index >= 15 is 0 Å². The molecule has 0 radical (unpaired) electrons. The fourth-order valence-corrected chi connectivity index (χ4v) is 4.39. The van der Waals surface area contributed by atoms with Gasteiger partial charge in [0.1, 0.15) is 5.82 Å². The molecule has 0 aliphatic carbocycles. The Morgan fingerprint density at radius 1 is 1.14 bits per heavy atom. The molecule has 1 atom stereocenters. The second kappa shape index (κ2) is 8.94. The van der Waals surface area contributed by atoms with Gasteiger partial charge in [0.15, 0.2) is 0 Å². The second-order valence-electron chi connectivity index (χ2n) is 9.08. The minimum Gasteiger partial charge on any atom is -0.353 e. The number of nitrogens with zero attached hydrogens (tertiary/aromatic N) is 4. The van der Waals surface area contributed by atoms with Crippen LogP contribution in [0.5, 0.6) is 0 Å². The minimum atomic E-state index is -2.72. The zero-order valence-corrected chi connectivity index (χ0v) is 18.1. The number of anilines is 1. The SMILES string of the molecule is CC(C)c1ccc(N2CCN(C(=O)CN3CCC(C(C)C)C(F)(F)C3)CC2)nc1. The summed E-state index contributed by atoms with van der Waals surface area (Å²) in [6.45, 7) is 11.0. The number of piperidine rings is 1. The van der Waals surface area contributed by atoms with Gasteiger partial charge >= 0.3 is 0 Å². The quantitative estimate of drug-likeness (QED) is 0.748. The van der Waals surface area contributed by atoms with Gasteiger partial charge in [0.05, 0.1) is 13.1 Å². The fraction of sp³-hybridized carbons (Fsp3) is 0.727. The number of likely N-dealkylation sites (tertiary alicyclic amines) is 1. The van der Waals surface area contributed by atoms with Crippen LogP contribution in [-0.4, -0.2) is 72.4 Å². The first-order chi connectivity index (χ1) is 13.7. The molecule has 2 saturated heterocycles. The molecule has 29 heavy (non-hydrogen) atoms. The predicted molar refractivity (Wildman–Crippen MR) is 111 cm³/mol. The molecule has 162 valence electrons. The Labute approximate surface area is 173 Å². The van der Waals surface area contributed by atoms with E-state index in [9.17, 15) is 13.6 Å². The van der Waals surface area contributed by atoms with Gasteiger partial charge in [-0.25, -0.2) is 13.8 Å². The van der Waals surface area contributed by atoms with E-state index < -0.39 is 11.8 Å². The third-order valence-electron chi connectivity index (χ3n) is 6.29. The van der Waals surface area contributed by atoms with Crippen molar-refractivity contribution < 1.29 is 13.6 Å². The summed E-state index contributed by atoms with van der Waals surface area (Å²) in [6, 6.07) is 4.14. The molecule has 0 spiro atoms. The normalized spacial score (nSPS) is 23.1. The number of amides is 1. The number of halogens is 2. The van der Waals surface area contributed by atoms with Crippen molar-refractivity contribution in [2.24, 2.45) is 11.8 Å². The Morgan fingerprint density at radius 2 is 1.83 bits per heavy atom. The molecule has 3 rings (SSSR count). The molecule has 0 N–H and O–H groups in total. The van der Waals surface area contributed by atoms with Crippen molar-refractivity contribution in [1.82, 2.24) is 14.8 Å². The first kappa shape index (κ1) is 21.9. The van der Waals surface area contributed by atoms with Crippen LogP contribution in [0.3, 0.4) is 0 Å². The minimum absolute atomic E-state index is 0.0425. The van der Waals surface area contributed by atoms with Crippen LogP contribution in [0.2, 0.25) is 0 Å². The number of hydrogen-bond donors (Lipinski definition) is 0. The summed E-state index contributed by atoms with van der Waals surface area (Å²) in [5.74, 6) is -2.03. The molecule has 2 aliphatic heterocycles. The van der Waals surface area contributed by atoms with Crippen molar-refractivity contribution in [3.8, 4) is 0 Å². The summed E-state index contributed by atoms with van der Waals surface area (Å²) in [4.78, 5) is 22.8.